The first-order chi connectivity index (χ1) is 10.2. The Labute approximate surface area is 124 Å². The lowest BCUT2D eigenvalue weighted by Crippen LogP contribution is -2.33. The Bertz CT molecular complexity index is 522. The molecule has 2 rings (SSSR count). The Kier molecular flexibility index (Phi) is 5.55. The molecule has 1 aliphatic carbocycles. The molecule has 0 saturated carbocycles. The largest absolute Gasteiger partial charge is 0.481 e. The zero-order chi connectivity index (χ0) is 15.1. The summed E-state index contributed by atoms with van der Waals surface area (Å²) in [4.78, 5) is 23.4. The second kappa shape index (κ2) is 7.62. The van der Waals surface area contributed by atoms with Crippen LogP contribution in [0, 0.1) is 5.92 Å². The third kappa shape index (κ3) is 4.74. The first-order valence-electron chi connectivity index (χ1n) is 7.39. The van der Waals surface area contributed by atoms with Crippen LogP contribution < -0.4 is 5.32 Å². The number of hydrogen-bond acceptors (Lipinski definition) is 2. The number of carboxylic acids is 1. The highest BCUT2D eigenvalue weighted by Gasteiger charge is 2.26. The fraction of sp³-hybridized carbons (Fsp3) is 0.412. The molecule has 21 heavy (non-hydrogen) atoms. The molecule has 0 radical (unpaired) electrons. The zero-order valence-corrected chi connectivity index (χ0v) is 12.0. The molecular weight excluding hydrogens is 266 g/mol. The van der Waals surface area contributed by atoms with E-state index in [4.69, 9.17) is 5.11 Å². The molecule has 1 atom stereocenters. The van der Waals surface area contributed by atoms with Crippen LogP contribution in [0.15, 0.2) is 42.0 Å². The van der Waals surface area contributed by atoms with Gasteiger partial charge in [-0.15, -0.1) is 0 Å². The minimum atomic E-state index is -0.929. The van der Waals surface area contributed by atoms with Crippen molar-refractivity contribution in [3.8, 4) is 0 Å². The summed E-state index contributed by atoms with van der Waals surface area (Å²) in [5.74, 6) is -1.65. The molecule has 0 heterocycles. The van der Waals surface area contributed by atoms with Gasteiger partial charge in [0.05, 0.1) is 12.3 Å². The minimum absolute atomic E-state index is 0.132. The monoisotopic (exact) mass is 287 g/mol. The maximum Gasteiger partial charge on any atom is 0.304 e. The predicted molar refractivity (Wildman–Crippen MR) is 80.6 cm³/mol. The van der Waals surface area contributed by atoms with Crippen LogP contribution in [0.2, 0.25) is 0 Å². The van der Waals surface area contributed by atoms with Gasteiger partial charge >= 0.3 is 5.97 Å². The van der Waals surface area contributed by atoms with E-state index in [1.807, 2.05) is 36.4 Å². The Morgan fingerprint density at radius 1 is 1.19 bits per heavy atom. The lowest BCUT2D eigenvalue weighted by atomic mass is 9.86. The molecule has 2 N–H and O–H groups in total. The van der Waals surface area contributed by atoms with E-state index in [9.17, 15) is 9.59 Å². The van der Waals surface area contributed by atoms with E-state index < -0.39 is 11.9 Å². The Balaban J connectivity index is 2.00. The molecule has 1 aromatic carbocycles. The second-order valence-electron chi connectivity index (χ2n) is 5.38. The van der Waals surface area contributed by atoms with Crippen molar-refractivity contribution >= 4 is 11.9 Å². The number of nitrogens with one attached hydrogen (secondary N) is 1. The number of rotatable bonds is 6. The maximum absolute atomic E-state index is 12.3. The number of aliphatic carboxylic acids is 1. The van der Waals surface area contributed by atoms with Crippen LogP contribution in [0.4, 0.5) is 0 Å². The molecule has 0 aliphatic heterocycles. The standard InChI is InChI=1S/C17H21NO3/c19-16(20)11-15(14-9-5-2-6-10-14)17(21)18-12-13-7-3-1-4-8-13/h1,3-4,7-9,15H,2,5-6,10-12H2,(H,18,21)(H,19,20)/t15-/m1/s1. The molecule has 0 fully saturated rings. The smallest absolute Gasteiger partial charge is 0.304 e. The second-order valence-corrected chi connectivity index (χ2v) is 5.38. The van der Waals surface area contributed by atoms with Crippen molar-refractivity contribution in [2.24, 2.45) is 5.92 Å². The summed E-state index contributed by atoms with van der Waals surface area (Å²) in [5, 5.41) is 11.9. The molecule has 1 aromatic rings. The summed E-state index contributed by atoms with van der Waals surface area (Å²) >= 11 is 0. The van der Waals surface area contributed by atoms with Gasteiger partial charge in [-0.05, 0) is 31.2 Å². The number of benzene rings is 1. The third-order valence-corrected chi connectivity index (χ3v) is 3.78. The highest BCUT2D eigenvalue weighted by Crippen LogP contribution is 2.26. The van der Waals surface area contributed by atoms with E-state index in [-0.39, 0.29) is 12.3 Å². The summed E-state index contributed by atoms with van der Waals surface area (Å²) in [6.45, 7) is 0.434. The van der Waals surface area contributed by atoms with Crippen molar-refractivity contribution < 1.29 is 14.7 Å². The summed E-state index contributed by atoms with van der Waals surface area (Å²) in [6.07, 6.45) is 5.84. The Morgan fingerprint density at radius 2 is 1.95 bits per heavy atom. The van der Waals surface area contributed by atoms with Crippen molar-refractivity contribution in [1.29, 1.82) is 0 Å². The van der Waals surface area contributed by atoms with Crippen molar-refractivity contribution in [3.05, 3.63) is 47.5 Å². The van der Waals surface area contributed by atoms with Crippen LogP contribution in [-0.4, -0.2) is 17.0 Å². The van der Waals surface area contributed by atoms with Gasteiger partial charge in [0.15, 0.2) is 0 Å². The normalized spacial score (nSPS) is 15.9. The Morgan fingerprint density at radius 3 is 2.57 bits per heavy atom. The van der Waals surface area contributed by atoms with Crippen LogP contribution in [-0.2, 0) is 16.1 Å². The van der Waals surface area contributed by atoms with E-state index in [1.54, 1.807) is 0 Å². The number of amides is 1. The van der Waals surface area contributed by atoms with Gasteiger partial charge in [-0.3, -0.25) is 9.59 Å². The van der Waals surface area contributed by atoms with Crippen LogP contribution >= 0.6 is 0 Å². The van der Waals surface area contributed by atoms with Crippen LogP contribution in [0.1, 0.15) is 37.7 Å². The fourth-order valence-corrected chi connectivity index (χ4v) is 2.65. The number of allylic oxidation sites excluding steroid dienone is 1. The first-order valence-corrected chi connectivity index (χ1v) is 7.39. The van der Waals surface area contributed by atoms with Gasteiger partial charge in [-0.25, -0.2) is 0 Å². The topological polar surface area (TPSA) is 66.4 Å². The van der Waals surface area contributed by atoms with Gasteiger partial charge in [0.2, 0.25) is 5.91 Å². The number of carbonyl (C=O) groups excluding carboxylic acids is 1. The summed E-state index contributed by atoms with van der Waals surface area (Å²) in [7, 11) is 0. The molecule has 0 spiro atoms. The van der Waals surface area contributed by atoms with Gasteiger partial charge in [0.25, 0.3) is 0 Å². The zero-order valence-electron chi connectivity index (χ0n) is 12.0. The van der Waals surface area contributed by atoms with Crippen molar-refractivity contribution in [2.45, 2.75) is 38.6 Å². The minimum Gasteiger partial charge on any atom is -0.481 e. The molecule has 4 nitrogen and oxygen atoms in total. The highest BCUT2D eigenvalue weighted by atomic mass is 16.4. The number of carbonyl (C=O) groups is 2. The predicted octanol–water partition coefficient (Wildman–Crippen LogP) is 2.89. The first kappa shape index (κ1) is 15.3. The molecule has 0 saturated heterocycles. The van der Waals surface area contributed by atoms with Crippen molar-refractivity contribution in [1.82, 2.24) is 5.32 Å². The molecule has 0 bridgehead atoms. The van der Waals surface area contributed by atoms with Crippen LogP contribution in [0.25, 0.3) is 0 Å². The molecular formula is C17H21NO3. The van der Waals surface area contributed by atoms with E-state index >= 15 is 0 Å². The van der Waals surface area contributed by atoms with Crippen LogP contribution in [0.3, 0.4) is 0 Å². The van der Waals surface area contributed by atoms with E-state index in [2.05, 4.69) is 5.32 Å². The SMILES string of the molecule is O=C(O)C[C@@H](C(=O)NCc1ccccc1)C1=CCCCC1. The molecule has 4 heteroatoms. The average Bonchev–Trinajstić information content (AvgIpc) is 2.52. The van der Waals surface area contributed by atoms with E-state index in [1.165, 1.54) is 0 Å². The van der Waals surface area contributed by atoms with Gasteiger partial charge in [0.1, 0.15) is 0 Å². The summed E-state index contributed by atoms with van der Waals surface area (Å²) < 4.78 is 0. The molecule has 0 unspecified atom stereocenters. The molecule has 112 valence electrons. The van der Waals surface area contributed by atoms with Gasteiger partial charge in [-0.1, -0.05) is 42.0 Å². The van der Waals surface area contributed by atoms with E-state index in [0.717, 1.165) is 36.8 Å². The third-order valence-electron chi connectivity index (χ3n) is 3.78. The summed E-state index contributed by atoms with van der Waals surface area (Å²) in [6, 6.07) is 9.63. The van der Waals surface area contributed by atoms with Gasteiger partial charge < -0.3 is 10.4 Å². The quantitative estimate of drug-likeness (QED) is 0.791. The van der Waals surface area contributed by atoms with Gasteiger partial charge in [-0.2, -0.15) is 0 Å². The fourth-order valence-electron chi connectivity index (χ4n) is 2.65. The number of carboxylic acid groups (broad SMARTS) is 1. The van der Waals surface area contributed by atoms with Crippen LogP contribution in [0.5, 0.6) is 0 Å². The maximum atomic E-state index is 12.3. The lowest BCUT2D eigenvalue weighted by molar-refractivity contribution is -0.140. The molecule has 0 aromatic heterocycles. The Hall–Kier alpha value is -2.10. The highest BCUT2D eigenvalue weighted by molar-refractivity contribution is 5.85. The molecule has 1 aliphatic rings. The lowest BCUT2D eigenvalue weighted by Gasteiger charge is -2.21. The van der Waals surface area contributed by atoms with Gasteiger partial charge in [0, 0.05) is 6.54 Å². The van der Waals surface area contributed by atoms with Crippen molar-refractivity contribution in [3.63, 3.8) is 0 Å². The molecule has 1 amide bonds. The number of hydrogen-bond donors (Lipinski definition) is 2. The van der Waals surface area contributed by atoms with E-state index in [0.29, 0.717) is 6.54 Å². The average molecular weight is 287 g/mol. The summed E-state index contributed by atoms with van der Waals surface area (Å²) in [5.41, 5.74) is 1.99. The van der Waals surface area contributed by atoms with Crippen molar-refractivity contribution in [2.75, 3.05) is 0 Å².